The Labute approximate surface area is 246 Å². The number of rotatable bonds is 8. The van der Waals surface area contributed by atoms with Gasteiger partial charge in [-0.05, 0) is 37.0 Å². The third-order valence-electron chi connectivity index (χ3n) is 6.61. The van der Waals surface area contributed by atoms with Gasteiger partial charge in [0.15, 0.2) is 11.4 Å². The number of hydrogen-bond acceptors (Lipinski definition) is 9. The number of carbonyl (C=O) groups excluding carboxylic acids is 1. The molecule has 236 valence electrons. The van der Waals surface area contributed by atoms with Crippen LogP contribution in [0, 0.1) is 5.41 Å². The molecule has 0 unspecified atom stereocenters. The van der Waals surface area contributed by atoms with Crippen LogP contribution in [0.5, 0.6) is 11.6 Å². The number of ether oxygens (including phenoxy) is 3. The molecule has 43 heavy (non-hydrogen) atoms. The van der Waals surface area contributed by atoms with E-state index in [0.717, 1.165) is 42.1 Å². The molecule has 3 heterocycles. The molecule has 0 amide bonds. The van der Waals surface area contributed by atoms with Gasteiger partial charge >= 0.3 is 12.1 Å². The van der Waals surface area contributed by atoms with Crippen molar-refractivity contribution in [2.45, 2.75) is 59.2 Å². The number of carbonyl (C=O) groups is 2. The molecule has 1 aliphatic heterocycles. The van der Waals surface area contributed by atoms with Gasteiger partial charge < -0.3 is 24.2 Å². The van der Waals surface area contributed by atoms with E-state index in [9.17, 15) is 18.0 Å². The van der Waals surface area contributed by atoms with Crippen LogP contribution in [0.1, 0.15) is 56.1 Å². The van der Waals surface area contributed by atoms with Gasteiger partial charge in [-0.15, -0.1) is 10.2 Å². The van der Waals surface area contributed by atoms with Crippen LogP contribution in [0.25, 0.3) is 5.65 Å². The molecule has 0 radical (unpaired) electrons. The number of carboxylic acid groups (broad SMARTS) is 1. The molecule has 0 aliphatic carbocycles. The molecule has 15 heteroatoms. The highest BCUT2D eigenvalue weighted by molar-refractivity contribution is 5.97. The number of ketones is 1. The zero-order chi connectivity index (χ0) is 32.1. The number of aryl methyl sites for hydroxylation is 1. The fourth-order valence-corrected chi connectivity index (χ4v) is 4.43. The largest absolute Gasteiger partial charge is 0.494 e. The Hall–Kier alpha value is -4.14. The number of carboxylic acids is 1. The second-order valence-corrected chi connectivity index (χ2v) is 10.7. The third-order valence-corrected chi connectivity index (χ3v) is 6.61. The van der Waals surface area contributed by atoms with Gasteiger partial charge in [-0.3, -0.25) is 10.2 Å². The average molecular weight is 611 g/mol. The van der Waals surface area contributed by atoms with Gasteiger partial charge in [0.2, 0.25) is 11.5 Å². The van der Waals surface area contributed by atoms with E-state index < -0.39 is 12.1 Å². The number of fused-ring (bicyclic) bond motifs is 1. The van der Waals surface area contributed by atoms with Gasteiger partial charge in [0.1, 0.15) is 12.3 Å². The summed E-state index contributed by atoms with van der Waals surface area (Å²) in [5.41, 5.74) is 3.59. The predicted molar refractivity (Wildman–Crippen MR) is 150 cm³/mol. The van der Waals surface area contributed by atoms with Crippen LogP contribution in [-0.4, -0.2) is 82.4 Å². The lowest BCUT2D eigenvalue weighted by Crippen LogP contribution is -2.37. The topological polar surface area (TPSA) is 144 Å². The number of aromatic nitrogens is 4. The quantitative estimate of drug-likeness (QED) is 0.366. The summed E-state index contributed by atoms with van der Waals surface area (Å²) >= 11 is 0. The molecular weight excluding hydrogens is 573 g/mol. The van der Waals surface area contributed by atoms with Gasteiger partial charge in [-0.1, -0.05) is 27.7 Å². The van der Waals surface area contributed by atoms with Gasteiger partial charge in [0.05, 0.1) is 32.6 Å². The molecule has 1 aliphatic rings. The minimum absolute atomic E-state index is 0.0138. The molecule has 0 bridgehead atoms. The molecule has 0 atom stereocenters. The molecule has 3 aromatic rings. The molecule has 2 aromatic heterocycles. The van der Waals surface area contributed by atoms with Crippen molar-refractivity contribution in [2.24, 2.45) is 0 Å². The fourth-order valence-electron chi connectivity index (χ4n) is 4.43. The first-order valence-electron chi connectivity index (χ1n) is 13.7. The van der Waals surface area contributed by atoms with Gasteiger partial charge in [0, 0.05) is 29.8 Å². The summed E-state index contributed by atoms with van der Waals surface area (Å²) in [4.78, 5) is 24.7. The van der Waals surface area contributed by atoms with Crippen LogP contribution in [-0.2, 0) is 27.9 Å². The summed E-state index contributed by atoms with van der Waals surface area (Å²) in [5.74, 6) is -1.63. The Balaban J connectivity index is 0.000000646. The first-order valence-corrected chi connectivity index (χ1v) is 13.7. The van der Waals surface area contributed by atoms with Crippen LogP contribution in [0.4, 0.5) is 18.9 Å². The summed E-state index contributed by atoms with van der Waals surface area (Å²) in [7, 11) is 1.67. The van der Waals surface area contributed by atoms with E-state index in [1.54, 1.807) is 7.11 Å². The monoisotopic (exact) mass is 610 g/mol. The van der Waals surface area contributed by atoms with E-state index in [2.05, 4.69) is 35.9 Å². The molecule has 12 nitrogen and oxygen atoms in total. The van der Waals surface area contributed by atoms with Gasteiger partial charge in [-0.2, -0.15) is 17.7 Å². The summed E-state index contributed by atoms with van der Waals surface area (Å²) in [6, 6.07) is 5.66. The zero-order valence-corrected chi connectivity index (χ0v) is 25.0. The van der Waals surface area contributed by atoms with Crippen LogP contribution in [0.3, 0.4) is 0 Å². The van der Waals surface area contributed by atoms with Crippen LogP contribution < -0.4 is 20.0 Å². The number of nitrogens with one attached hydrogen (secondary N) is 1. The van der Waals surface area contributed by atoms with Crippen molar-refractivity contribution in [3.63, 3.8) is 0 Å². The second-order valence-electron chi connectivity index (χ2n) is 10.7. The number of Topliss-reactive ketones (excluding diaryl/α,β-unsaturated/α-hetero) is 1. The lowest BCUT2D eigenvalue weighted by atomic mass is 9.84. The Kier molecular flexibility index (Phi) is 10.4. The number of methoxy groups -OCH3 is 1. The minimum Gasteiger partial charge on any atom is -0.494 e. The Morgan fingerprint density at radius 2 is 1.72 bits per heavy atom. The number of anilines is 1. The Morgan fingerprint density at radius 1 is 1.09 bits per heavy atom. The number of hydrogen-bond donors (Lipinski definition) is 2. The third kappa shape index (κ3) is 7.83. The second kappa shape index (κ2) is 13.4. The minimum atomic E-state index is -5.08. The SMILES string of the molecule is CCOc1nn2c(=N)n(CC(=O)c3cc(N4CCOCC4)c(OC)c(C(C)(C)C)c3)nc2cc1CC.O=C(O)C(F)(F)F. The van der Waals surface area contributed by atoms with E-state index in [0.29, 0.717) is 36.9 Å². The fraction of sp³-hybridized carbons (Fsp3) is 0.536. The molecule has 0 spiro atoms. The van der Waals surface area contributed by atoms with Crippen molar-refractivity contribution < 1.29 is 42.1 Å². The van der Waals surface area contributed by atoms with Crippen molar-refractivity contribution in [3.05, 3.63) is 40.5 Å². The number of aliphatic carboxylic acids is 1. The summed E-state index contributed by atoms with van der Waals surface area (Å²) < 4.78 is 51.6. The van der Waals surface area contributed by atoms with Gasteiger partial charge in [0.25, 0.3) is 0 Å². The summed E-state index contributed by atoms with van der Waals surface area (Å²) in [6.07, 6.45) is -4.36. The van der Waals surface area contributed by atoms with Crippen LogP contribution >= 0.6 is 0 Å². The number of benzene rings is 1. The van der Waals surface area contributed by atoms with E-state index >= 15 is 0 Å². The van der Waals surface area contributed by atoms with Gasteiger partial charge in [-0.25, -0.2) is 9.48 Å². The lowest BCUT2D eigenvalue weighted by Gasteiger charge is -2.33. The lowest BCUT2D eigenvalue weighted by molar-refractivity contribution is -0.192. The number of alkyl halides is 3. The van der Waals surface area contributed by atoms with E-state index in [1.807, 2.05) is 32.0 Å². The zero-order valence-electron chi connectivity index (χ0n) is 25.0. The molecule has 0 saturated carbocycles. The first-order chi connectivity index (χ1) is 20.1. The normalized spacial score (nSPS) is 13.8. The van der Waals surface area contributed by atoms with E-state index in [-0.39, 0.29) is 23.4 Å². The van der Waals surface area contributed by atoms with Crippen molar-refractivity contribution in [3.8, 4) is 11.6 Å². The average Bonchev–Trinajstić information content (AvgIpc) is 3.25. The number of morpholine rings is 1. The van der Waals surface area contributed by atoms with Crippen molar-refractivity contribution in [1.82, 2.24) is 19.4 Å². The maximum Gasteiger partial charge on any atom is 0.490 e. The molecule has 1 fully saturated rings. The smallest absolute Gasteiger partial charge is 0.490 e. The molecule has 2 N–H and O–H groups in total. The molecule has 1 saturated heterocycles. The standard InChI is InChI=1S/C26H36N6O4.C2HF3O2/c1-7-17-15-22-28-31(25(27)32(22)29-24(17)36-8-2)16-21(33)18-13-19(26(3,4)5)23(34-6)20(14-18)30-9-11-35-12-10-30;3-2(4,5)1(6)7/h13-15,27H,7-12,16H2,1-6H3;(H,6,7). The first kappa shape index (κ1) is 33.4. The molecule has 1 aromatic carbocycles. The highest BCUT2D eigenvalue weighted by Gasteiger charge is 2.38. The molecule has 4 rings (SSSR count). The Morgan fingerprint density at radius 3 is 2.23 bits per heavy atom. The van der Waals surface area contributed by atoms with Crippen LogP contribution in [0.15, 0.2) is 18.2 Å². The number of nitrogens with zero attached hydrogens (tertiary/aromatic N) is 5. The van der Waals surface area contributed by atoms with E-state index in [4.69, 9.17) is 29.5 Å². The molecular formula is C28H37F3N6O6. The van der Waals surface area contributed by atoms with E-state index in [1.165, 1.54) is 9.20 Å². The predicted octanol–water partition coefficient (Wildman–Crippen LogP) is 3.63. The summed E-state index contributed by atoms with van der Waals surface area (Å²) in [5, 5.41) is 24.7. The van der Waals surface area contributed by atoms with Crippen LogP contribution in [0.2, 0.25) is 0 Å². The van der Waals surface area contributed by atoms with Crippen molar-refractivity contribution in [2.75, 3.05) is 44.9 Å². The number of halogens is 3. The van der Waals surface area contributed by atoms with Crippen molar-refractivity contribution >= 4 is 23.1 Å². The maximum absolute atomic E-state index is 13.6. The highest BCUT2D eigenvalue weighted by atomic mass is 19.4. The highest BCUT2D eigenvalue weighted by Crippen LogP contribution is 2.40. The summed E-state index contributed by atoms with van der Waals surface area (Å²) in [6.45, 7) is 13.3. The Bertz CT molecular complexity index is 1520. The van der Waals surface area contributed by atoms with Crippen molar-refractivity contribution in [1.29, 1.82) is 5.41 Å². The maximum atomic E-state index is 13.6.